The average Bonchev–Trinajstić information content (AvgIpc) is 2.90. The average molecular weight is 485 g/mol. The largest absolute Gasteiger partial charge is 0.378 e. The quantitative estimate of drug-likeness (QED) is 0.140. The summed E-state index contributed by atoms with van der Waals surface area (Å²) in [5.74, 6) is 0. The van der Waals surface area contributed by atoms with E-state index in [-0.39, 0.29) is 0 Å². The van der Waals surface area contributed by atoms with E-state index in [0.717, 1.165) is 11.2 Å². The molecule has 194 valence electrons. The van der Waals surface area contributed by atoms with E-state index < -0.39 is 0 Å². The molecule has 2 nitrogen and oxygen atoms in total. The molecular weight excluding hydrogens is 435 g/mol. The molecule has 0 radical (unpaired) electrons. The number of rotatable bonds is 17. The number of aromatic nitrogens is 1. The molecule has 0 saturated heterocycles. The van der Waals surface area contributed by atoms with Crippen LogP contribution >= 0.6 is 0 Å². The van der Waals surface area contributed by atoms with Gasteiger partial charge in [-0.15, -0.1) is 0 Å². The van der Waals surface area contributed by atoms with Crippen LogP contribution in [0.1, 0.15) is 90.9 Å². The molecular formula is C33H49BN2. The summed E-state index contributed by atoms with van der Waals surface area (Å²) in [6, 6.07) is 20.0. The number of nitrogens with zero attached hydrogens (tertiary/aromatic N) is 2. The lowest BCUT2D eigenvalue weighted by Gasteiger charge is -2.22. The van der Waals surface area contributed by atoms with Gasteiger partial charge in [0.15, 0.2) is 6.71 Å². The Bertz CT molecular complexity index is 1010. The Labute approximate surface area is 222 Å². The Morgan fingerprint density at radius 3 is 1.92 bits per heavy atom. The summed E-state index contributed by atoms with van der Waals surface area (Å²) in [5, 5.41) is 1.21. The van der Waals surface area contributed by atoms with Crippen molar-refractivity contribution in [1.29, 1.82) is 0 Å². The van der Waals surface area contributed by atoms with E-state index in [2.05, 4.69) is 87.4 Å². The molecule has 0 bridgehead atoms. The van der Waals surface area contributed by atoms with E-state index in [1.807, 2.05) is 0 Å². The van der Waals surface area contributed by atoms with Crippen LogP contribution in [0.3, 0.4) is 0 Å². The molecule has 1 heterocycles. The molecule has 1 aromatic heterocycles. The Morgan fingerprint density at radius 2 is 1.28 bits per heavy atom. The van der Waals surface area contributed by atoms with Gasteiger partial charge in [-0.05, 0) is 29.8 Å². The third-order valence-corrected chi connectivity index (χ3v) is 7.68. The van der Waals surface area contributed by atoms with Crippen LogP contribution in [-0.4, -0.2) is 25.8 Å². The van der Waals surface area contributed by atoms with Crippen LogP contribution in [0.4, 0.5) is 5.69 Å². The summed E-state index contributed by atoms with van der Waals surface area (Å²) < 4.78 is 0. The zero-order valence-corrected chi connectivity index (χ0v) is 23.6. The van der Waals surface area contributed by atoms with Gasteiger partial charge >= 0.3 is 0 Å². The highest BCUT2D eigenvalue weighted by Crippen LogP contribution is 2.26. The number of unbranched alkanes of at least 4 members (excludes halogenated alkanes) is 10. The van der Waals surface area contributed by atoms with E-state index in [4.69, 9.17) is 4.98 Å². The maximum absolute atomic E-state index is 5.11. The summed E-state index contributed by atoms with van der Waals surface area (Å²) in [6.45, 7) is 5.21. The molecule has 0 aliphatic heterocycles. The van der Waals surface area contributed by atoms with Crippen molar-refractivity contribution in [2.45, 2.75) is 104 Å². The second-order valence-electron chi connectivity index (χ2n) is 10.9. The fourth-order valence-electron chi connectivity index (χ4n) is 5.41. The third kappa shape index (κ3) is 8.68. The molecule has 0 unspecified atom stereocenters. The van der Waals surface area contributed by atoms with Gasteiger partial charge in [0.05, 0.1) is 11.2 Å². The number of anilines is 1. The Hall–Kier alpha value is -2.29. The summed E-state index contributed by atoms with van der Waals surface area (Å²) in [4.78, 5) is 7.35. The Morgan fingerprint density at radius 1 is 0.667 bits per heavy atom. The zero-order valence-electron chi connectivity index (χ0n) is 23.6. The van der Waals surface area contributed by atoms with Crippen LogP contribution in [0.5, 0.6) is 0 Å². The smallest absolute Gasteiger partial charge is 0.176 e. The van der Waals surface area contributed by atoms with Crippen molar-refractivity contribution in [3.05, 3.63) is 54.6 Å². The predicted octanol–water partition coefficient (Wildman–Crippen LogP) is 9.39. The molecule has 0 aliphatic rings. The highest BCUT2D eigenvalue weighted by Gasteiger charge is 2.21. The molecule has 0 N–H and O–H groups in total. The minimum Gasteiger partial charge on any atom is -0.378 e. The molecule has 0 spiro atoms. The van der Waals surface area contributed by atoms with Crippen LogP contribution in [-0.2, 0) is 0 Å². The minimum absolute atomic E-state index is 0.602. The first-order valence-corrected chi connectivity index (χ1v) is 14.8. The summed E-state index contributed by atoms with van der Waals surface area (Å²) >= 11 is 0. The van der Waals surface area contributed by atoms with Gasteiger partial charge < -0.3 is 4.90 Å². The highest BCUT2D eigenvalue weighted by molar-refractivity contribution is 6.74. The van der Waals surface area contributed by atoms with Crippen molar-refractivity contribution in [2.75, 3.05) is 19.0 Å². The third-order valence-electron chi connectivity index (χ3n) is 7.68. The van der Waals surface area contributed by atoms with Crippen molar-refractivity contribution in [2.24, 2.45) is 0 Å². The minimum atomic E-state index is 0.602. The fraction of sp³-hybridized carbons (Fsp3) is 0.545. The summed E-state index contributed by atoms with van der Waals surface area (Å²) in [7, 11) is 4.31. The first kappa shape index (κ1) is 28.3. The second-order valence-corrected chi connectivity index (χ2v) is 10.9. The van der Waals surface area contributed by atoms with Crippen molar-refractivity contribution < 1.29 is 0 Å². The Kier molecular flexibility index (Phi) is 12.4. The standard InChI is InChI=1S/C33H49BN2/c1-5-7-9-11-13-17-25-34(26-18-14-12-10-8-6-2)31-27-29(36(3)4)22-23-30(31)33-24-21-28-19-15-16-20-32(28)35-33/h15-16,19-24,27H,5-14,17-18,25-26H2,1-4H3. The first-order valence-electron chi connectivity index (χ1n) is 14.8. The maximum atomic E-state index is 5.11. The SMILES string of the molecule is CCCCCCCCB(CCCCCCCC)c1cc(N(C)C)ccc1-c1ccc2ccccc2n1. The fourth-order valence-corrected chi connectivity index (χ4v) is 5.41. The van der Waals surface area contributed by atoms with Crippen LogP contribution in [0.15, 0.2) is 54.6 Å². The molecule has 2 aromatic carbocycles. The molecule has 0 atom stereocenters. The van der Waals surface area contributed by atoms with Crippen LogP contribution in [0.25, 0.3) is 22.2 Å². The van der Waals surface area contributed by atoms with Gasteiger partial charge in [-0.3, -0.25) is 0 Å². The van der Waals surface area contributed by atoms with Crippen LogP contribution in [0.2, 0.25) is 12.6 Å². The van der Waals surface area contributed by atoms with E-state index in [1.54, 1.807) is 0 Å². The first-order chi connectivity index (χ1) is 17.6. The maximum Gasteiger partial charge on any atom is 0.176 e. The second kappa shape index (κ2) is 15.7. The van der Waals surface area contributed by atoms with Gasteiger partial charge in [0, 0.05) is 25.2 Å². The predicted molar refractivity (Wildman–Crippen MR) is 163 cm³/mol. The van der Waals surface area contributed by atoms with Gasteiger partial charge in [0.25, 0.3) is 0 Å². The van der Waals surface area contributed by atoms with E-state index in [0.29, 0.717) is 6.71 Å². The number of fused-ring (bicyclic) bond motifs is 1. The van der Waals surface area contributed by atoms with Crippen LogP contribution < -0.4 is 10.4 Å². The lowest BCUT2D eigenvalue weighted by molar-refractivity contribution is 0.617. The number of para-hydroxylation sites is 1. The number of pyridine rings is 1. The molecule has 0 aliphatic carbocycles. The number of hydrogen-bond acceptors (Lipinski definition) is 2. The van der Waals surface area contributed by atoms with Gasteiger partial charge in [-0.2, -0.15) is 0 Å². The van der Waals surface area contributed by atoms with E-state index >= 15 is 0 Å². The van der Waals surface area contributed by atoms with Crippen molar-refractivity contribution in [1.82, 2.24) is 4.98 Å². The van der Waals surface area contributed by atoms with Crippen molar-refractivity contribution >= 4 is 28.8 Å². The van der Waals surface area contributed by atoms with Crippen LogP contribution in [0, 0.1) is 0 Å². The molecule has 3 aromatic rings. The zero-order chi connectivity index (χ0) is 25.6. The lowest BCUT2D eigenvalue weighted by Crippen LogP contribution is -2.32. The molecule has 36 heavy (non-hydrogen) atoms. The van der Waals surface area contributed by atoms with Gasteiger partial charge in [-0.1, -0.05) is 139 Å². The Balaban J connectivity index is 1.86. The van der Waals surface area contributed by atoms with E-state index in [1.165, 1.54) is 112 Å². The van der Waals surface area contributed by atoms with Gasteiger partial charge in [0.1, 0.15) is 0 Å². The number of benzene rings is 2. The van der Waals surface area contributed by atoms with Crippen molar-refractivity contribution in [3.63, 3.8) is 0 Å². The molecule has 0 fully saturated rings. The van der Waals surface area contributed by atoms with Gasteiger partial charge in [0.2, 0.25) is 0 Å². The molecule has 0 saturated carbocycles. The highest BCUT2D eigenvalue weighted by atomic mass is 15.1. The molecule has 0 amide bonds. The summed E-state index contributed by atoms with van der Waals surface area (Å²) in [6.07, 6.45) is 18.9. The summed E-state index contributed by atoms with van der Waals surface area (Å²) in [5.41, 5.74) is 6.33. The molecule has 3 rings (SSSR count). The number of hydrogen-bond donors (Lipinski definition) is 0. The topological polar surface area (TPSA) is 16.1 Å². The van der Waals surface area contributed by atoms with Gasteiger partial charge in [-0.25, -0.2) is 4.98 Å². The lowest BCUT2D eigenvalue weighted by atomic mass is 9.38. The van der Waals surface area contributed by atoms with Crippen molar-refractivity contribution in [3.8, 4) is 11.3 Å². The van der Waals surface area contributed by atoms with E-state index in [9.17, 15) is 0 Å². The molecule has 3 heteroatoms. The monoisotopic (exact) mass is 484 g/mol. The normalized spacial score (nSPS) is 11.2.